The summed E-state index contributed by atoms with van der Waals surface area (Å²) >= 11 is 0. The number of anilines is 1. The highest BCUT2D eigenvalue weighted by Crippen LogP contribution is 2.19. The minimum absolute atomic E-state index is 0. The van der Waals surface area contributed by atoms with E-state index in [-0.39, 0.29) is 12.4 Å². The highest BCUT2D eigenvalue weighted by atomic mass is 35.5. The fourth-order valence-electron chi connectivity index (χ4n) is 2.91. The van der Waals surface area contributed by atoms with Crippen LogP contribution in [0.4, 0.5) is 5.69 Å². The molecule has 102 valence electrons. The molecule has 0 radical (unpaired) electrons. The topological polar surface area (TPSA) is 3.24 Å². The molecule has 1 aromatic rings. The van der Waals surface area contributed by atoms with Crippen molar-refractivity contribution in [3.05, 3.63) is 30.3 Å². The van der Waals surface area contributed by atoms with Gasteiger partial charge in [-0.2, -0.15) is 0 Å². The molecule has 1 fully saturated rings. The van der Waals surface area contributed by atoms with Crippen LogP contribution in [0.5, 0.6) is 0 Å². The largest absolute Gasteiger partial charge is 1.00 e. The molecule has 1 heterocycles. The first-order valence-electron chi connectivity index (χ1n) is 6.95. The van der Waals surface area contributed by atoms with Gasteiger partial charge in [0.1, 0.15) is 0 Å². The molecule has 18 heavy (non-hydrogen) atoms. The Kier molecular flexibility index (Phi) is 5.97. The zero-order valence-electron chi connectivity index (χ0n) is 11.6. The molecular weight excluding hydrogens is 244 g/mol. The van der Waals surface area contributed by atoms with Gasteiger partial charge in [-0.15, -0.1) is 0 Å². The van der Waals surface area contributed by atoms with Crippen LogP contribution in [-0.2, 0) is 0 Å². The van der Waals surface area contributed by atoms with Crippen LogP contribution in [0.1, 0.15) is 20.3 Å². The molecule has 0 bridgehead atoms. The van der Waals surface area contributed by atoms with Crippen LogP contribution >= 0.6 is 0 Å². The second kappa shape index (κ2) is 7.01. The van der Waals surface area contributed by atoms with Gasteiger partial charge >= 0.3 is 0 Å². The quantitative estimate of drug-likeness (QED) is 0.684. The summed E-state index contributed by atoms with van der Waals surface area (Å²) in [5.41, 5.74) is 1.39. The van der Waals surface area contributed by atoms with Crippen molar-refractivity contribution in [1.82, 2.24) is 0 Å². The average molecular weight is 269 g/mol. The molecule has 0 aliphatic carbocycles. The highest BCUT2D eigenvalue weighted by molar-refractivity contribution is 5.45. The third-order valence-corrected chi connectivity index (χ3v) is 4.37. The smallest absolute Gasteiger partial charge is 0.0964 e. The number of hydrogen-bond donors (Lipinski definition) is 0. The van der Waals surface area contributed by atoms with Gasteiger partial charge in [0, 0.05) is 18.7 Å². The second-order valence-electron chi connectivity index (χ2n) is 5.10. The fourth-order valence-corrected chi connectivity index (χ4v) is 2.91. The summed E-state index contributed by atoms with van der Waals surface area (Å²) < 4.78 is 1.29. The van der Waals surface area contributed by atoms with E-state index in [0.29, 0.717) is 0 Å². The molecule has 0 N–H and O–H groups in total. The van der Waals surface area contributed by atoms with Crippen molar-refractivity contribution in [2.24, 2.45) is 0 Å². The minimum Gasteiger partial charge on any atom is -1.00 e. The lowest BCUT2D eigenvalue weighted by molar-refractivity contribution is -0.922. The van der Waals surface area contributed by atoms with Crippen LogP contribution in [0.2, 0.25) is 0 Å². The molecular formula is C15H25ClN2. The summed E-state index contributed by atoms with van der Waals surface area (Å²) in [7, 11) is 0. The maximum atomic E-state index is 2.55. The van der Waals surface area contributed by atoms with Crippen LogP contribution in [0, 0.1) is 0 Å². The Hall–Kier alpha value is -0.730. The molecule has 1 aromatic carbocycles. The zero-order chi connectivity index (χ0) is 12.1. The predicted octanol–water partition coefficient (Wildman–Crippen LogP) is -0.243. The van der Waals surface area contributed by atoms with Crippen LogP contribution in [0.3, 0.4) is 0 Å². The number of quaternary nitrogens is 1. The Bertz CT molecular complexity index is 336. The summed E-state index contributed by atoms with van der Waals surface area (Å²) in [6.07, 6.45) is 1.32. The number of hydrogen-bond acceptors (Lipinski definition) is 1. The average Bonchev–Trinajstić information content (AvgIpc) is 2.63. The van der Waals surface area contributed by atoms with Gasteiger partial charge in [-0.3, -0.25) is 0 Å². The van der Waals surface area contributed by atoms with Gasteiger partial charge in [-0.05, 0) is 26.0 Å². The van der Waals surface area contributed by atoms with Gasteiger partial charge in [-0.1, -0.05) is 18.2 Å². The van der Waals surface area contributed by atoms with E-state index in [9.17, 15) is 0 Å². The lowest BCUT2D eigenvalue weighted by Gasteiger charge is -2.35. The Morgan fingerprint density at radius 3 is 2.28 bits per heavy atom. The molecule has 3 heteroatoms. The first-order valence-corrected chi connectivity index (χ1v) is 6.95. The monoisotopic (exact) mass is 268 g/mol. The van der Waals surface area contributed by atoms with Crippen LogP contribution in [0.25, 0.3) is 0 Å². The molecule has 1 aliphatic rings. The molecule has 0 aromatic heterocycles. The van der Waals surface area contributed by atoms with E-state index in [1.807, 2.05) is 0 Å². The normalized spacial score (nSPS) is 18.9. The molecule has 2 nitrogen and oxygen atoms in total. The first kappa shape index (κ1) is 15.3. The molecule has 0 atom stereocenters. The lowest BCUT2D eigenvalue weighted by atomic mass is 10.3. The fraction of sp³-hybridized carbons (Fsp3) is 0.600. The van der Waals surface area contributed by atoms with E-state index in [4.69, 9.17) is 0 Å². The van der Waals surface area contributed by atoms with Gasteiger partial charge < -0.3 is 21.8 Å². The van der Waals surface area contributed by atoms with Crippen LogP contribution in [-0.4, -0.2) is 43.8 Å². The van der Waals surface area contributed by atoms with Crippen molar-refractivity contribution < 1.29 is 16.9 Å². The maximum Gasteiger partial charge on any atom is 0.0964 e. The maximum absolute atomic E-state index is 2.55. The molecule has 1 saturated heterocycles. The number of nitrogens with zero attached hydrogens (tertiary/aromatic N) is 2. The van der Waals surface area contributed by atoms with Crippen molar-refractivity contribution in [3.8, 4) is 0 Å². The van der Waals surface area contributed by atoms with Crippen molar-refractivity contribution in [3.63, 3.8) is 0 Å². The SMILES string of the molecule is CC[N+]1(CC)CCCN(c2ccccc2)CC1.[Cl-]. The van der Waals surface area contributed by atoms with Crippen LogP contribution in [0.15, 0.2) is 30.3 Å². The summed E-state index contributed by atoms with van der Waals surface area (Å²) in [5, 5.41) is 0. The molecule has 0 spiro atoms. The van der Waals surface area contributed by atoms with Crippen LogP contribution < -0.4 is 17.3 Å². The van der Waals surface area contributed by atoms with E-state index < -0.39 is 0 Å². The van der Waals surface area contributed by atoms with Gasteiger partial charge in [-0.25, -0.2) is 0 Å². The third kappa shape index (κ3) is 3.39. The van der Waals surface area contributed by atoms with Gasteiger partial charge in [0.15, 0.2) is 0 Å². The number of rotatable bonds is 3. The molecule has 0 unspecified atom stereocenters. The molecule has 2 rings (SSSR count). The molecule has 1 aliphatic heterocycles. The van der Waals surface area contributed by atoms with Crippen molar-refractivity contribution >= 4 is 5.69 Å². The number of likely N-dealkylation sites (N-methyl/N-ethyl adjacent to an activating group) is 1. The van der Waals surface area contributed by atoms with Crippen molar-refractivity contribution in [2.45, 2.75) is 20.3 Å². The predicted molar refractivity (Wildman–Crippen MR) is 74.3 cm³/mol. The number of benzene rings is 1. The molecule has 0 amide bonds. The first-order chi connectivity index (χ1) is 8.29. The summed E-state index contributed by atoms with van der Waals surface area (Å²) in [5.74, 6) is 0. The number of para-hydroxylation sites is 1. The zero-order valence-corrected chi connectivity index (χ0v) is 12.4. The standard InChI is InChI=1S/C15H25N2.ClH/c1-3-17(4-2)13-8-11-16(12-14-17)15-9-6-5-7-10-15;/h5-7,9-10H,3-4,8,11-14H2,1-2H3;1H/q+1;/p-1. The lowest BCUT2D eigenvalue weighted by Crippen LogP contribution is -3.00. The minimum atomic E-state index is 0. The van der Waals surface area contributed by atoms with E-state index in [0.717, 1.165) is 0 Å². The highest BCUT2D eigenvalue weighted by Gasteiger charge is 2.27. The summed E-state index contributed by atoms with van der Waals surface area (Å²) in [6.45, 7) is 12.3. The van der Waals surface area contributed by atoms with E-state index in [1.165, 1.54) is 55.9 Å². The number of halogens is 1. The van der Waals surface area contributed by atoms with Gasteiger partial charge in [0.05, 0.1) is 32.7 Å². The second-order valence-corrected chi connectivity index (χ2v) is 5.10. The summed E-state index contributed by atoms with van der Waals surface area (Å²) in [4.78, 5) is 2.55. The Morgan fingerprint density at radius 2 is 1.67 bits per heavy atom. The van der Waals surface area contributed by atoms with Gasteiger partial charge in [0.25, 0.3) is 0 Å². The van der Waals surface area contributed by atoms with Crippen molar-refractivity contribution in [2.75, 3.05) is 44.2 Å². The van der Waals surface area contributed by atoms with Gasteiger partial charge in [0.2, 0.25) is 0 Å². The Balaban J connectivity index is 0.00000162. The Morgan fingerprint density at radius 1 is 1.00 bits per heavy atom. The van der Waals surface area contributed by atoms with E-state index in [1.54, 1.807) is 0 Å². The van der Waals surface area contributed by atoms with Crippen molar-refractivity contribution in [1.29, 1.82) is 0 Å². The Labute approximate surface area is 118 Å². The van der Waals surface area contributed by atoms with E-state index >= 15 is 0 Å². The summed E-state index contributed by atoms with van der Waals surface area (Å²) in [6, 6.07) is 10.8. The van der Waals surface area contributed by atoms with E-state index in [2.05, 4.69) is 49.1 Å². The molecule has 0 saturated carbocycles. The third-order valence-electron chi connectivity index (χ3n) is 4.37.